The maximum Gasteiger partial charge on any atom is 0.309 e. The predicted octanol–water partition coefficient (Wildman–Crippen LogP) is 1.05. The van der Waals surface area contributed by atoms with E-state index in [4.69, 9.17) is 9.47 Å². The van der Waals surface area contributed by atoms with E-state index in [0.29, 0.717) is 11.4 Å². The number of anilines is 1. The van der Waals surface area contributed by atoms with Crippen molar-refractivity contribution in [1.29, 1.82) is 0 Å². The minimum atomic E-state index is -0.417. The maximum atomic E-state index is 11.9. The Balaban J connectivity index is 1.76. The van der Waals surface area contributed by atoms with Gasteiger partial charge in [0, 0.05) is 18.8 Å². The van der Waals surface area contributed by atoms with Gasteiger partial charge in [0.1, 0.15) is 5.75 Å². The average molecular weight is 320 g/mol. The number of hydrogen-bond donors (Lipinski definition) is 1. The van der Waals surface area contributed by atoms with Crippen LogP contribution in [-0.4, -0.2) is 50.0 Å². The van der Waals surface area contributed by atoms with Crippen molar-refractivity contribution in [2.75, 3.05) is 32.6 Å². The van der Waals surface area contributed by atoms with Crippen LogP contribution < -0.4 is 10.1 Å². The molecule has 7 heteroatoms. The Morgan fingerprint density at radius 1 is 1.30 bits per heavy atom. The maximum absolute atomic E-state index is 11.9. The molecule has 0 radical (unpaired) electrons. The first kappa shape index (κ1) is 16.8. The summed E-state index contributed by atoms with van der Waals surface area (Å²) in [6, 6.07) is 6.91. The topological polar surface area (TPSA) is 84.9 Å². The minimum absolute atomic E-state index is 0.0514. The summed E-state index contributed by atoms with van der Waals surface area (Å²) in [6.07, 6.45) is 1.65. The number of nitrogens with one attached hydrogen (secondary N) is 1. The number of ether oxygens (including phenoxy) is 2. The molecule has 2 rings (SSSR count). The lowest BCUT2D eigenvalue weighted by Crippen LogP contribution is -2.37. The third kappa shape index (κ3) is 5.28. The van der Waals surface area contributed by atoms with Crippen molar-refractivity contribution in [3.8, 4) is 5.75 Å². The number of benzene rings is 1. The molecule has 1 saturated carbocycles. The molecule has 0 aliphatic heterocycles. The van der Waals surface area contributed by atoms with Gasteiger partial charge in [-0.25, -0.2) is 0 Å². The Bertz CT molecular complexity index is 598. The Kier molecular flexibility index (Phi) is 5.56. The third-order valence-corrected chi connectivity index (χ3v) is 3.41. The second-order valence-corrected chi connectivity index (χ2v) is 5.41. The molecule has 0 bridgehead atoms. The molecule has 0 atom stereocenters. The number of carbonyl (C=O) groups excluding carboxylic acids is 3. The molecule has 0 saturated heterocycles. The highest BCUT2D eigenvalue weighted by Crippen LogP contribution is 2.29. The van der Waals surface area contributed by atoms with Crippen molar-refractivity contribution < 1.29 is 23.9 Å². The van der Waals surface area contributed by atoms with Gasteiger partial charge in [-0.15, -0.1) is 0 Å². The van der Waals surface area contributed by atoms with Gasteiger partial charge in [-0.05, 0) is 25.0 Å². The van der Waals surface area contributed by atoms with E-state index >= 15 is 0 Å². The van der Waals surface area contributed by atoms with Gasteiger partial charge in [0.25, 0.3) is 5.91 Å². The fourth-order valence-electron chi connectivity index (χ4n) is 1.88. The molecule has 7 nitrogen and oxygen atoms in total. The number of rotatable bonds is 7. The van der Waals surface area contributed by atoms with Crippen LogP contribution in [0.1, 0.15) is 12.8 Å². The van der Waals surface area contributed by atoms with Crippen LogP contribution in [0.5, 0.6) is 5.75 Å². The first-order valence-electron chi connectivity index (χ1n) is 7.34. The Morgan fingerprint density at radius 3 is 2.70 bits per heavy atom. The van der Waals surface area contributed by atoms with Crippen LogP contribution in [0.15, 0.2) is 24.3 Å². The molecule has 1 aliphatic carbocycles. The van der Waals surface area contributed by atoms with Gasteiger partial charge in [0.15, 0.2) is 6.61 Å². The van der Waals surface area contributed by atoms with Gasteiger partial charge < -0.3 is 19.7 Å². The molecule has 1 aliphatic rings. The lowest BCUT2D eigenvalue weighted by atomic mass is 10.3. The van der Waals surface area contributed by atoms with Crippen LogP contribution in [0.4, 0.5) is 5.69 Å². The molecule has 1 aromatic carbocycles. The quantitative estimate of drug-likeness (QED) is 0.759. The summed E-state index contributed by atoms with van der Waals surface area (Å²) in [5.41, 5.74) is 0.579. The number of esters is 1. The molecule has 1 aromatic rings. The number of carbonyl (C=O) groups is 3. The van der Waals surface area contributed by atoms with E-state index in [1.54, 1.807) is 24.3 Å². The van der Waals surface area contributed by atoms with E-state index in [9.17, 15) is 14.4 Å². The van der Waals surface area contributed by atoms with Crippen molar-refractivity contribution in [3.63, 3.8) is 0 Å². The fourth-order valence-corrected chi connectivity index (χ4v) is 1.88. The zero-order valence-corrected chi connectivity index (χ0v) is 13.2. The second kappa shape index (κ2) is 7.62. The highest BCUT2D eigenvalue weighted by Gasteiger charge is 2.31. The molecular weight excluding hydrogens is 300 g/mol. The minimum Gasteiger partial charge on any atom is -0.497 e. The zero-order chi connectivity index (χ0) is 16.8. The van der Waals surface area contributed by atoms with Crippen LogP contribution in [0.3, 0.4) is 0 Å². The molecule has 23 heavy (non-hydrogen) atoms. The predicted molar refractivity (Wildman–Crippen MR) is 82.9 cm³/mol. The molecular formula is C16H20N2O5. The largest absolute Gasteiger partial charge is 0.497 e. The van der Waals surface area contributed by atoms with Crippen molar-refractivity contribution >= 4 is 23.5 Å². The number of nitrogens with zero attached hydrogens (tertiary/aromatic N) is 1. The van der Waals surface area contributed by atoms with Crippen LogP contribution in [0.2, 0.25) is 0 Å². The Hall–Kier alpha value is -2.57. The van der Waals surface area contributed by atoms with E-state index < -0.39 is 5.91 Å². The van der Waals surface area contributed by atoms with Gasteiger partial charge >= 0.3 is 5.97 Å². The van der Waals surface area contributed by atoms with E-state index in [2.05, 4.69) is 5.32 Å². The molecule has 2 amide bonds. The van der Waals surface area contributed by atoms with Crippen LogP contribution in [-0.2, 0) is 19.1 Å². The van der Waals surface area contributed by atoms with E-state index in [-0.39, 0.29) is 30.9 Å². The summed E-state index contributed by atoms with van der Waals surface area (Å²) in [7, 11) is 3.02. The van der Waals surface area contributed by atoms with E-state index in [1.807, 2.05) is 0 Å². The molecule has 1 fully saturated rings. The number of hydrogen-bond acceptors (Lipinski definition) is 5. The van der Waals surface area contributed by atoms with Gasteiger partial charge in [-0.2, -0.15) is 0 Å². The highest BCUT2D eigenvalue weighted by molar-refractivity contribution is 5.95. The highest BCUT2D eigenvalue weighted by atomic mass is 16.5. The summed E-state index contributed by atoms with van der Waals surface area (Å²) < 4.78 is 9.97. The summed E-state index contributed by atoms with van der Waals surface area (Å²) in [4.78, 5) is 36.3. The van der Waals surface area contributed by atoms with E-state index in [0.717, 1.165) is 12.8 Å². The molecule has 0 aromatic heterocycles. The molecule has 0 unspecified atom stereocenters. The van der Waals surface area contributed by atoms with Crippen LogP contribution in [0.25, 0.3) is 0 Å². The number of amides is 2. The smallest absolute Gasteiger partial charge is 0.309 e. The summed E-state index contributed by atoms with van der Waals surface area (Å²) in [5.74, 6) is -0.529. The van der Waals surface area contributed by atoms with Gasteiger partial charge in [-0.1, -0.05) is 6.07 Å². The third-order valence-electron chi connectivity index (χ3n) is 3.41. The number of methoxy groups -OCH3 is 1. The van der Waals surface area contributed by atoms with Gasteiger partial charge in [0.05, 0.1) is 19.6 Å². The Morgan fingerprint density at radius 2 is 2.04 bits per heavy atom. The number of likely N-dealkylation sites (N-methyl/N-ethyl adjacent to an activating group) is 1. The molecule has 1 N–H and O–H groups in total. The zero-order valence-electron chi connectivity index (χ0n) is 13.2. The summed E-state index contributed by atoms with van der Waals surface area (Å²) in [6.45, 7) is -0.463. The summed E-state index contributed by atoms with van der Waals surface area (Å²) in [5, 5.41) is 2.67. The first-order chi connectivity index (χ1) is 11.0. The van der Waals surface area contributed by atoms with Crippen molar-refractivity contribution in [1.82, 2.24) is 4.90 Å². The van der Waals surface area contributed by atoms with Gasteiger partial charge in [0.2, 0.25) is 5.91 Å². The fraction of sp³-hybridized carbons (Fsp3) is 0.438. The normalized spacial score (nSPS) is 13.1. The Labute approximate surface area is 134 Å². The molecule has 0 spiro atoms. The molecule has 124 valence electrons. The monoisotopic (exact) mass is 320 g/mol. The van der Waals surface area contributed by atoms with Gasteiger partial charge in [-0.3, -0.25) is 14.4 Å². The van der Waals surface area contributed by atoms with Crippen molar-refractivity contribution in [3.05, 3.63) is 24.3 Å². The van der Waals surface area contributed by atoms with Crippen LogP contribution >= 0.6 is 0 Å². The standard InChI is InChI=1S/C16H20N2O5/c1-18(15(20)10-23-16(21)11-6-7-11)9-14(19)17-12-4-3-5-13(8-12)22-2/h3-5,8,11H,6-7,9-10H2,1-2H3,(H,17,19). The van der Waals surface area contributed by atoms with Crippen molar-refractivity contribution in [2.45, 2.75) is 12.8 Å². The summed E-state index contributed by atoms with van der Waals surface area (Å²) >= 11 is 0. The van der Waals surface area contributed by atoms with E-state index in [1.165, 1.54) is 19.1 Å². The van der Waals surface area contributed by atoms with Crippen molar-refractivity contribution in [2.24, 2.45) is 5.92 Å². The average Bonchev–Trinajstić information content (AvgIpc) is 3.37. The lowest BCUT2D eigenvalue weighted by molar-refractivity contribution is -0.152. The first-order valence-corrected chi connectivity index (χ1v) is 7.34. The van der Waals surface area contributed by atoms with Crippen LogP contribution in [0, 0.1) is 5.92 Å². The second-order valence-electron chi connectivity index (χ2n) is 5.41. The molecule has 0 heterocycles. The lowest BCUT2D eigenvalue weighted by Gasteiger charge is -2.17. The SMILES string of the molecule is COc1cccc(NC(=O)CN(C)C(=O)COC(=O)C2CC2)c1.